The Morgan fingerprint density at radius 3 is 3.18 bits per heavy atom. The molecule has 11 heavy (non-hydrogen) atoms. The van der Waals surface area contributed by atoms with E-state index in [9.17, 15) is 0 Å². The van der Waals surface area contributed by atoms with Crippen molar-refractivity contribution in [3.05, 3.63) is 23.0 Å². The lowest BCUT2D eigenvalue weighted by molar-refractivity contribution is 0.602. The van der Waals surface area contributed by atoms with Crippen molar-refractivity contribution in [3.8, 4) is 6.07 Å². The molecule has 0 fully saturated rings. The average Bonchev–Trinajstić information content (AvgIpc) is 2.03. The Bertz CT molecular complexity index is 323. The molecule has 0 amide bonds. The summed E-state index contributed by atoms with van der Waals surface area (Å²) in [5.74, 6) is 0. The lowest BCUT2D eigenvalue weighted by atomic mass is 10.5. The minimum atomic E-state index is 0.450. The minimum Gasteiger partial charge on any atom is -0.254 e. The normalized spacial score (nSPS) is 9.00. The summed E-state index contributed by atoms with van der Waals surface area (Å²) in [5.41, 5.74) is 0. The molecular formula is C7H7N3S. The molecule has 0 radical (unpaired) electrons. The molecule has 1 rings (SSSR count). The monoisotopic (exact) mass is 165 g/mol. The molecule has 1 heterocycles. The quantitative estimate of drug-likeness (QED) is 0.624. The fourth-order valence-corrected chi connectivity index (χ4v) is 0.928. The highest BCUT2D eigenvalue weighted by molar-refractivity contribution is 7.71. The molecule has 0 aliphatic carbocycles. The van der Waals surface area contributed by atoms with Crippen LogP contribution >= 0.6 is 12.2 Å². The lowest BCUT2D eigenvalue weighted by Crippen LogP contribution is -2.02. The van der Waals surface area contributed by atoms with Gasteiger partial charge in [-0.05, 0) is 12.1 Å². The average molecular weight is 165 g/mol. The number of aromatic nitrogens is 2. The van der Waals surface area contributed by atoms with Crippen molar-refractivity contribution in [2.24, 2.45) is 0 Å². The van der Waals surface area contributed by atoms with Gasteiger partial charge >= 0.3 is 0 Å². The number of nitriles is 1. The summed E-state index contributed by atoms with van der Waals surface area (Å²) in [6, 6.07) is 5.61. The van der Waals surface area contributed by atoms with Gasteiger partial charge in [-0.3, -0.25) is 4.68 Å². The third-order valence-electron chi connectivity index (χ3n) is 1.22. The predicted molar refractivity (Wildman–Crippen MR) is 43.3 cm³/mol. The Hall–Kier alpha value is -1.21. The van der Waals surface area contributed by atoms with E-state index in [1.807, 2.05) is 6.07 Å². The summed E-state index contributed by atoms with van der Waals surface area (Å²) in [6.45, 7) is 0.580. The molecule has 0 aromatic carbocycles. The highest BCUT2D eigenvalue weighted by Gasteiger charge is 1.89. The number of hydrogen-bond acceptors (Lipinski definition) is 3. The predicted octanol–water partition coefficient (Wildman–Crippen LogP) is 1.53. The summed E-state index contributed by atoms with van der Waals surface area (Å²) >= 11 is 4.96. The summed E-state index contributed by atoms with van der Waals surface area (Å²) < 4.78 is 2.31. The van der Waals surface area contributed by atoms with Gasteiger partial charge in [-0.15, -0.1) is 0 Å². The SMILES string of the molecule is N#CCCn1ncccc1=S. The molecule has 4 heteroatoms. The van der Waals surface area contributed by atoms with Gasteiger partial charge in [0.1, 0.15) is 4.64 Å². The maximum absolute atomic E-state index is 8.29. The molecule has 0 aliphatic heterocycles. The third-order valence-corrected chi connectivity index (χ3v) is 1.57. The van der Waals surface area contributed by atoms with Crippen LogP contribution in [0.15, 0.2) is 18.3 Å². The van der Waals surface area contributed by atoms with E-state index in [0.717, 1.165) is 0 Å². The van der Waals surface area contributed by atoms with Crippen LogP contribution in [0.5, 0.6) is 0 Å². The Labute approximate surface area is 69.9 Å². The van der Waals surface area contributed by atoms with E-state index in [0.29, 0.717) is 17.6 Å². The second-order valence-corrected chi connectivity index (χ2v) is 2.41. The number of hydrogen-bond donors (Lipinski definition) is 0. The molecule has 3 nitrogen and oxygen atoms in total. The highest BCUT2D eigenvalue weighted by Crippen LogP contribution is 1.90. The summed E-state index contributed by atoms with van der Waals surface area (Å²) in [7, 11) is 0. The second-order valence-electron chi connectivity index (χ2n) is 1.99. The minimum absolute atomic E-state index is 0.450. The molecule has 0 bridgehead atoms. The highest BCUT2D eigenvalue weighted by atomic mass is 32.1. The van der Waals surface area contributed by atoms with Crippen LogP contribution in [0.2, 0.25) is 0 Å². The first kappa shape index (κ1) is 7.89. The molecule has 1 aromatic rings. The van der Waals surface area contributed by atoms with Crippen molar-refractivity contribution in [3.63, 3.8) is 0 Å². The van der Waals surface area contributed by atoms with E-state index in [2.05, 4.69) is 5.10 Å². The smallest absolute Gasteiger partial charge is 0.122 e. The van der Waals surface area contributed by atoms with Crippen LogP contribution in [0, 0.1) is 16.0 Å². The number of rotatable bonds is 2. The maximum Gasteiger partial charge on any atom is 0.122 e. The van der Waals surface area contributed by atoms with Gasteiger partial charge in [0.15, 0.2) is 0 Å². The van der Waals surface area contributed by atoms with Gasteiger partial charge in [-0.25, -0.2) is 0 Å². The van der Waals surface area contributed by atoms with Gasteiger partial charge in [-0.1, -0.05) is 12.2 Å². The van der Waals surface area contributed by atoms with E-state index in [4.69, 9.17) is 17.5 Å². The summed E-state index contributed by atoms with van der Waals surface area (Å²) in [6.07, 6.45) is 2.11. The van der Waals surface area contributed by atoms with Gasteiger partial charge in [0.2, 0.25) is 0 Å². The van der Waals surface area contributed by atoms with E-state index in [1.54, 1.807) is 23.0 Å². The molecule has 56 valence electrons. The number of nitrogens with zero attached hydrogens (tertiary/aromatic N) is 3. The molecule has 0 N–H and O–H groups in total. The lowest BCUT2D eigenvalue weighted by Gasteiger charge is -1.99. The van der Waals surface area contributed by atoms with Crippen LogP contribution in [0.3, 0.4) is 0 Å². The molecule has 0 atom stereocenters. The molecular weight excluding hydrogens is 158 g/mol. The van der Waals surface area contributed by atoms with Crippen LogP contribution in [0.4, 0.5) is 0 Å². The van der Waals surface area contributed by atoms with E-state index in [-0.39, 0.29) is 0 Å². The molecule has 0 unspecified atom stereocenters. The van der Waals surface area contributed by atoms with Crippen LogP contribution in [-0.4, -0.2) is 9.78 Å². The van der Waals surface area contributed by atoms with E-state index >= 15 is 0 Å². The molecule has 0 saturated heterocycles. The van der Waals surface area contributed by atoms with Gasteiger partial charge < -0.3 is 0 Å². The maximum atomic E-state index is 8.29. The van der Waals surface area contributed by atoms with Crippen LogP contribution in [0.1, 0.15) is 6.42 Å². The van der Waals surface area contributed by atoms with Gasteiger partial charge in [0.25, 0.3) is 0 Å². The molecule has 1 aromatic heterocycles. The Morgan fingerprint density at radius 1 is 1.73 bits per heavy atom. The van der Waals surface area contributed by atoms with Crippen molar-refractivity contribution < 1.29 is 0 Å². The van der Waals surface area contributed by atoms with Gasteiger partial charge in [0.05, 0.1) is 19.0 Å². The zero-order valence-corrected chi connectivity index (χ0v) is 6.71. The van der Waals surface area contributed by atoms with E-state index < -0.39 is 0 Å². The number of aryl methyl sites for hydroxylation is 1. The fraction of sp³-hybridized carbons (Fsp3) is 0.286. The topological polar surface area (TPSA) is 41.6 Å². The third kappa shape index (κ3) is 2.13. The van der Waals surface area contributed by atoms with Crippen LogP contribution < -0.4 is 0 Å². The van der Waals surface area contributed by atoms with Crippen molar-refractivity contribution >= 4 is 12.2 Å². The first-order valence-electron chi connectivity index (χ1n) is 3.23. The standard InChI is InChI=1S/C7H7N3S/c8-4-2-6-10-7(11)3-1-5-9-10/h1,3,5H,2,6H2. The van der Waals surface area contributed by atoms with Crippen LogP contribution in [-0.2, 0) is 6.54 Å². The van der Waals surface area contributed by atoms with Crippen molar-refractivity contribution in [2.45, 2.75) is 13.0 Å². The zero-order valence-electron chi connectivity index (χ0n) is 5.90. The Kier molecular flexibility index (Phi) is 2.75. The largest absolute Gasteiger partial charge is 0.254 e. The Balaban J connectivity index is 2.80. The fourth-order valence-electron chi connectivity index (χ4n) is 0.711. The molecule has 0 saturated carbocycles. The van der Waals surface area contributed by atoms with Crippen molar-refractivity contribution in [1.29, 1.82) is 5.26 Å². The molecule has 0 spiro atoms. The van der Waals surface area contributed by atoms with E-state index in [1.165, 1.54) is 0 Å². The zero-order chi connectivity index (χ0) is 8.10. The Morgan fingerprint density at radius 2 is 2.55 bits per heavy atom. The first-order valence-corrected chi connectivity index (χ1v) is 3.64. The molecule has 0 aliphatic rings. The van der Waals surface area contributed by atoms with Gasteiger partial charge in [-0.2, -0.15) is 10.4 Å². The van der Waals surface area contributed by atoms with Crippen LogP contribution in [0.25, 0.3) is 0 Å². The second kappa shape index (κ2) is 3.84. The van der Waals surface area contributed by atoms with Crippen molar-refractivity contribution in [1.82, 2.24) is 9.78 Å². The van der Waals surface area contributed by atoms with Gasteiger partial charge in [0, 0.05) is 6.20 Å². The summed E-state index contributed by atoms with van der Waals surface area (Å²) in [4.78, 5) is 0. The summed E-state index contributed by atoms with van der Waals surface area (Å²) in [5, 5.41) is 12.3. The first-order chi connectivity index (χ1) is 5.34. The van der Waals surface area contributed by atoms with Crippen molar-refractivity contribution in [2.75, 3.05) is 0 Å².